The van der Waals surface area contributed by atoms with Gasteiger partial charge < -0.3 is 4.74 Å². The van der Waals surface area contributed by atoms with Crippen molar-refractivity contribution in [2.75, 3.05) is 11.3 Å². The van der Waals surface area contributed by atoms with E-state index in [2.05, 4.69) is 4.72 Å². The lowest BCUT2D eigenvalue weighted by molar-refractivity contribution is 0.0528. The van der Waals surface area contributed by atoms with Crippen molar-refractivity contribution in [3.8, 4) is 0 Å². The van der Waals surface area contributed by atoms with Crippen molar-refractivity contribution >= 4 is 32.3 Å². The summed E-state index contributed by atoms with van der Waals surface area (Å²) in [7, 11) is -3.44. The third-order valence-electron chi connectivity index (χ3n) is 3.58. The van der Waals surface area contributed by atoms with Crippen molar-refractivity contribution in [1.29, 1.82) is 0 Å². The Bertz CT molecular complexity index is 600. The van der Waals surface area contributed by atoms with Crippen LogP contribution in [0.1, 0.15) is 54.3 Å². The first kappa shape index (κ1) is 16.3. The number of esters is 1. The first-order valence-corrected chi connectivity index (χ1v) is 9.59. The molecule has 5 nitrogen and oxygen atoms in total. The largest absolute Gasteiger partial charge is 0.462 e. The van der Waals surface area contributed by atoms with Crippen LogP contribution < -0.4 is 4.72 Å². The highest BCUT2D eigenvalue weighted by Crippen LogP contribution is 2.32. The summed E-state index contributed by atoms with van der Waals surface area (Å²) in [6.07, 6.45) is 4.36. The van der Waals surface area contributed by atoms with Gasteiger partial charge in [0.25, 0.3) is 0 Å². The van der Waals surface area contributed by atoms with E-state index in [9.17, 15) is 13.2 Å². The first-order valence-electron chi connectivity index (χ1n) is 7.23. The smallest absolute Gasteiger partial charge is 0.341 e. The molecule has 0 spiro atoms. The Kier molecular flexibility index (Phi) is 5.27. The van der Waals surface area contributed by atoms with Gasteiger partial charge in [0.1, 0.15) is 5.00 Å². The van der Waals surface area contributed by atoms with Crippen LogP contribution in [-0.2, 0) is 14.8 Å². The van der Waals surface area contributed by atoms with Crippen molar-refractivity contribution < 1.29 is 17.9 Å². The van der Waals surface area contributed by atoms with Crippen LogP contribution in [-0.4, -0.2) is 26.2 Å². The lowest BCUT2D eigenvalue weighted by Gasteiger charge is -2.22. The number of hydrogen-bond donors (Lipinski definition) is 1. The zero-order valence-electron chi connectivity index (χ0n) is 12.3. The highest BCUT2D eigenvalue weighted by Gasteiger charge is 2.29. The van der Waals surface area contributed by atoms with E-state index in [-0.39, 0.29) is 11.9 Å². The third-order valence-corrected chi connectivity index (χ3v) is 6.51. The molecular formula is C14H21NO4S2. The van der Waals surface area contributed by atoms with Crippen LogP contribution >= 0.6 is 11.3 Å². The van der Waals surface area contributed by atoms with Crippen LogP contribution in [0.3, 0.4) is 0 Å². The number of carbonyl (C=O) groups is 1. The Morgan fingerprint density at radius 2 is 2.05 bits per heavy atom. The summed E-state index contributed by atoms with van der Waals surface area (Å²) in [5.41, 5.74) is 0.304. The van der Waals surface area contributed by atoms with Crippen molar-refractivity contribution in [3.05, 3.63) is 16.5 Å². The Morgan fingerprint density at radius 1 is 1.38 bits per heavy atom. The van der Waals surface area contributed by atoms with Crippen LogP contribution in [0.2, 0.25) is 0 Å². The molecule has 0 aliphatic heterocycles. The molecular weight excluding hydrogens is 310 g/mol. The topological polar surface area (TPSA) is 72.5 Å². The van der Waals surface area contributed by atoms with Crippen molar-refractivity contribution in [3.63, 3.8) is 0 Å². The van der Waals surface area contributed by atoms with Gasteiger partial charge in [0.05, 0.1) is 17.4 Å². The molecule has 0 saturated heterocycles. The lowest BCUT2D eigenvalue weighted by Crippen LogP contribution is -2.29. The number of carbonyl (C=O) groups excluding carboxylic acids is 1. The Hall–Kier alpha value is -1.08. The number of nitrogens with one attached hydrogen (secondary N) is 1. The van der Waals surface area contributed by atoms with Crippen LogP contribution in [0.15, 0.2) is 6.07 Å². The SMILES string of the molecule is CCOC(=O)c1cc(C)sc1NS(=O)(=O)C1CCCCC1. The van der Waals surface area contributed by atoms with E-state index in [0.717, 1.165) is 24.1 Å². The molecule has 1 saturated carbocycles. The molecule has 7 heteroatoms. The molecule has 118 valence electrons. The highest BCUT2D eigenvalue weighted by atomic mass is 32.2. The summed E-state index contributed by atoms with van der Waals surface area (Å²) < 4.78 is 32.5. The number of hydrogen-bond acceptors (Lipinski definition) is 5. The predicted molar refractivity (Wildman–Crippen MR) is 84.4 cm³/mol. The fourth-order valence-electron chi connectivity index (χ4n) is 2.54. The average Bonchev–Trinajstić information content (AvgIpc) is 2.80. The number of rotatable bonds is 5. The van der Waals surface area contributed by atoms with Gasteiger partial charge in [-0.15, -0.1) is 11.3 Å². The number of sulfonamides is 1. The fourth-order valence-corrected chi connectivity index (χ4v) is 5.29. The second-order valence-electron chi connectivity index (χ2n) is 5.23. The maximum Gasteiger partial charge on any atom is 0.341 e. The minimum absolute atomic E-state index is 0.266. The minimum Gasteiger partial charge on any atom is -0.462 e. The molecule has 1 N–H and O–H groups in total. The van der Waals surface area contributed by atoms with E-state index < -0.39 is 16.0 Å². The Labute approximate surface area is 129 Å². The molecule has 1 aliphatic carbocycles. The van der Waals surface area contributed by atoms with E-state index >= 15 is 0 Å². The monoisotopic (exact) mass is 331 g/mol. The van der Waals surface area contributed by atoms with Crippen LogP contribution in [0, 0.1) is 6.92 Å². The molecule has 0 amide bonds. The van der Waals surface area contributed by atoms with E-state index in [1.807, 2.05) is 6.92 Å². The van der Waals surface area contributed by atoms with Crippen molar-refractivity contribution in [2.24, 2.45) is 0 Å². The van der Waals surface area contributed by atoms with Gasteiger partial charge in [0.2, 0.25) is 10.0 Å². The summed E-state index contributed by atoms with van der Waals surface area (Å²) in [6, 6.07) is 1.67. The molecule has 0 aromatic carbocycles. The minimum atomic E-state index is -3.44. The van der Waals surface area contributed by atoms with E-state index in [4.69, 9.17) is 4.74 Å². The van der Waals surface area contributed by atoms with Gasteiger partial charge in [-0.2, -0.15) is 0 Å². The van der Waals surface area contributed by atoms with Crippen molar-refractivity contribution in [2.45, 2.75) is 51.2 Å². The van der Waals surface area contributed by atoms with Gasteiger partial charge in [-0.1, -0.05) is 19.3 Å². The summed E-state index contributed by atoms with van der Waals surface area (Å²) in [6.45, 7) is 3.83. The lowest BCUT2D eigenvalue weighted by atomic mass is 10.0. The third kappa shape index (κ3) is 3.97. The molecule has 2 rings (SSSR count). The number of aryl methyl sites for hydroxylation is 1. The molecule has 0 radical (unpaired) electrons. The molecule has 1 aromatic heterocycles. The zero-order chi connectivity index (χ0) is 15.5. The molecule has 1 aliphatic rings. The number of anilines is 1. The normalized spacial score (nSPS) is 16.7. The first-order chi connectivity index (χ1) is 9.94. The summed E-state index contributed by atoms with van der Waals surface area (Å²) in [5.74, 6) is -0.483. The fraction of sp³-hybridized carbons (Fsp3) is 0.643. The van der Waals surface area contributed by atoms with Gasteiger partial charge >= 0.3 is 5.97 Å². The van der Waals surface area contributed by atoms with Crippen LogP contribution in [0.4, 0.5) is 5.00 Å². The highest BCUT2D eigenvalue weighted by molar-refractivity contribution is 7.93. The number of ether oxygens (including phenoxy) is 1. The molecule has 1 heterocycles. The second-order valence-corrected chi connectivity index (χ2v) is 8.44. The van der Waals surface area contributed by atoms with Gasteiger partial charge in [-0.25, -0.2) is 13.2 Å². The molecule has 0 bridgehead atoms. The summed E-state index contributed by atoms with van der Waals surface area (Å²) in [4.78, 5) is 12.8. The van der Waals surface area contributed by atoms with Gasteiger partial charge in [-0.3, -0.25) is 4.72 Å². The van der Waals surface area contributed by atoms with Gasteiger partial charge in [0.15, 0.2) is 0 Å². The maximum absolute atomic E-state index is 12.4. The Morgan fingerprint density at radius 3 is 2.67 bits per heavy atom. The van der Waals surface area contributed by atoms with E-state index in [1.165, 1.54) is 11.3 Å². The Balaban J connectivity index is 2.20. The molecule has 1 fully saturated rings. The quantitative estimate of drug-likeness (QED) is 0.840. The number of thiophene rings is 1. The van der Waals surface area contributed by atoms with E-state index in [0.29, 0.717) is 23.4 Å². The maximum atomic E-state index is 12.4. The molecule has 1 aromatic rings. The zero-order valence-corrected chi connectivity index (χ0v) is 14.0. The molecule has 0 atom stereocenters. The van der Waals surface area contributed by atoms with E-state index in [1.54, 1.807) is 13.0 Å². The standard InChI is InChI=1S/C14H21NO4S2/c1-3-19-14(16)12-9-10(2)20-13(12)15-21(17,18)11-7-5-4-6-8-11/h9,11,15H,3-8H2,1-2H3. The predicted octanol–water partition coefficient (Wildman–Crippen LogP) is 3.31. The second kappa shape index (κ2) is 6.79. The average molecular weight is 331 g/mol. The summed E-state index contributed by atoms with van der Waals surface area (Å²) in [5, 5.41) is 0.0141. The molecule has 21 heavy (non-hydrogen) atoms. The van der Waals surface area contributed by atoms with Crippen LogP contribution in [0.25, 0.3) is 0 Å². The summed E-state index contributed by atoms with van der Waals surface area (Å²) >= 11 is 1.27. The van der Waals surface area contributed by atoms with Gasteiger partial charge in [0, 0.05) is 4.88 Å². The van der Waals surface area contributed by atoms with Crippen LogP contribution in [0.5, 0.6) is 0 Å². The molecule has 0 unspecified atom stereocenters. The van der Waals surface area contributed by atoms with Gasteiger partial charge in [-0.05, 0) is 32.8 Å². The van der Waals surface area contributed by atoms with Crippen molar-refractivity contribution in [1.82, 2.24) is 0 Å².